The van der Waals surface area contributed by atoms with E-state index in [0.29, 0.717) is 24.5 Å². The summed E-state index contributed by atoms with van der Waals surface area (Å²) in [5, 5.41) is 9.25. The van der Waals surface area contributed by atoms with Gasteiger partial charge >= 0.3 is 0 Å². The summed E-state index contributed by atoms with van der Waals surface area (Å²) >= 11 is 0. The number of aliphatic hydroxyl groups is 1. The van der Waals surface area contributed by atoms with E-state index >= 15 is 0 Å². The molecule has 0 saturated heterocycles. The Bertz CT molecular complexity index is 401. The predicted octanol–water partition coefficient (Wildman–Crippen LogP) is 1.87. The summed E-state index contributed by atoms with van der Waals surface area (Å²) in [6.45, 7) is 4.43. The number of hydrogen-bond acceptors (Lipinski definition) is 3. The van der Waals surface area contributed by atoms with Gasteiger partial charge in [-0.05, 0) is 17.7 Å². The van der Waals surface area contributed by atoms with Gasteiger partial charge in [-0.25, -0.2) is 4.39 Å². The molecular formula is C12H15FO3. The van der Waals surface area contributed by atoms with Gasteiger partial charge in [-0.2, -0.15) is 0 Å². The van der Waals surface area contributed by atoms with Gasteiger partial charge in [-0.15, -0.1) is 0 Å². The van der Waals surface area contributed by atoms with Crippen molar-refractivity contribution in [2.75, 3.05) is 19.8 Å². The molecule has 0 amide bonds. The molecule has 88 valence electrons. The first-order valence-electron chi connectivity index (χ1n) is 5.25. The van der Waals surface area contributed by atoms with Gasteiger partial charge in [0.15, 0.2) is 17.3 Å². The summed E-state index contributed by atoms with van der Waals surface area (Å²) in [6, 6.07) is 3.12. The van der Waals surface area contributed by atoms with Crippen LogP contribution in [0.5, 0.6) is 11.5 Å². The minimum absolute atomic E-state index is 0.0495. The third-order valence-corrected chi connectivity index (χ3v) is 2.77. The molecule has 0 saturated carbocycles. The van der Waals surface area contributed by atoms with Crippen LogP contribution in [0.2, 0.25) is 0 Å². The van der Waals surface area contributed by atoms with Crippen LogP contribution in [-0.4, -0.2) is 24.9 Å². The second-order valence-corrected chi connectivity index (χ2v) is 4.52. The molecule has 4 heteroatoms. The van der Waals surface area contributed by atoms with Crippen molar-refractivity contribution in [3.05, 3.63) is 23.5 Å². The van der Waals surface area contributed by atoms with Crippen LogP contribution in [0.25, 0.3) is 0 Å². The van der Waals surface area contributed by atoms with E-state index in [2.05, 4.69) is 0 Å². The van der Waals surface area contributed by atoms with Crippen molar-refractivity contribution in [2.45, 2.75) is 19.3 Å². The molecule has 1 aliphatic heterocycles. The van der Waals surface area contributed by atoms with Crippen LogP contribution in [0, 0.1) is 5.82 Å². The Kier molecular flexibility index (Phi) is 2.76. The van der Waals surface area contributed by atoms with E-state index in [1.54, 1.807) is 6.07 Å². The summed E-state index contributed by atoms with van der Waals surface area (Å²) in [4.78, 5) is 0. The summed E-state index contributed by atoms with van der Waals surface area (Å²) < 4.78 is 24.2. The molecule has 0 atom stereocenters. The van der Waals surface area contributed by atoms with Crippen molar-refractivity contribution >= 4 is 0 Å². The Morgan fingerprint density at radius 1 is 1.31 bits per heavy atom. The first kappa shape index (κ1) is 11.2. The maximum Gasteiger partial charge on any atom is 0.197 e. The van der Waals surface area contributed by atoms with Crippen molar-refractivity contribution < 1.29 is 19.0 Å². The van der Waals surface area contributed by atoms with Crippen molar-refractivity contribution in [3.63, 3.8) is 0 Å². The fraction of sp³-hybridized carbons (Fsp3) is 0.500. The van der Waals surface area contributed by atoms with Crippen LogP contribution in [0.1, 0.15) is 19.4 Å². The molecule has 0 aliphatic carbocycles. The fourth-order valence-electron chi connectivity index (χ4n) is 1.59. The molecule has 16 heavy (non-hydrogen) atoms. The Morgan fingerprint density at radius 3 is 2.69 bits per heavy atom. The summed E-state index contributed by atoms with van der Waals surface area (Å²) in [5.41, 5.74) is 0.216. The van der Waals surface area contributed by atoms with E-state index in [4.69, 9.17) is 9.47 Å². The number of halogens is 1. The number of ether oxygens (including phenoxy) is 2. The lowest BCUT2D eigenvalue weighted by Crippen LogP contribution is -2.23. The molecule has 3 nitrogen and oxygen atoms in total. The SMILES string of the molecule is CC(C)(CO)c1cc(F)c2c(c1)OCCO2. The number of benzene rings is 1. The maximum atomic E-state index is 13.7. The first-order valence-corrected chi connectivity index (χ1v) is 5.25. The third kappa shape index (κ3) is 1.85. The Morgan fingerprint density at radius 2 is 2.00 bits per heavy atom. The standard InChI is InChI=1S/C12H15FO3/c1-12(2,7-14)8-5-9(13)11-10(6-8)15-3-4-16-11/h5-6,14H,3-4,7H2,1-2H3. The van der Waals surface area contributed by atoms with Gasteiger partial charge < -0.3 is 14.6 Å². The number of fused-ring (bicyclic) bond motifs is 1. The molecule has 0 radical (unpaired) electrons. The monoisotopic (exact) mass is 226 g/mol. The molecule has 1 N–H and O–H groups in total. The molecule has 1 aromatic carbocycles. The van der Waals surface area contributed by atoms with Crippen LogP contribution in [-0.2, 0) is 5.41 Å². The van der Waals surface area contributed by atoms with Crippen molar-refractivity contribution in [2.24, 2.45) is 0 Å². The molecule has 0 spiro atoms. The Hall–Kier alpha value is -1.29. The number of rotatable bonds is 2. The minimum Gasteiger partial charge on any atom is -0.486 e. The fourth-order valence-corrected chi connectivity index (χ4v) is 1.59. The largest absolute Gasteiger partial charge is 0.486 e. The molecule has 2 rings (SSSR count). The normalized spacial score (nSPS) is 15.0. The summed E-state index contributed by atoms with van der Waals surface area (Å²) in [7, 11) is 0. The zero-order valence-electron chi connectivity index (χ0n) is 9.42. The van der Waals surface area contributed by atoms with Crippen LogP contribution >= 0.6 is 0 Å². The lowest BCUT2D eigenvalue weighted by molar-refractivity contribution is 0.162. The smallest absolute Gasteiger partial charge is 0.197 e. The highest BCUT2D eigenvalue weighted by molar-refractivity contribution is 5.47. The second kappa shape index (κ2) is 3.94. The van der Waals surface area contributed by atoms with E-state index in [-0.39, 0.29) is 12.4 Å². The Labute approximate surface area is 93.8 Å². The molecule has 0 fully saturated rings. The van der Waals surface area contributed by atoms with Crippen LogP contribution in [0.3, 0.4) is 0 Å². The first-order chi connectivity index (χ1) is 7.54. The van der Waals surface area contributed by atoms with Crippen molar-refractivity contribution in [3.8, 4) is 11.5 Å². The number of aliphatic hydroxyl groups excluding tert-OH is 1. The van der Waals surface area contributed by atoms with Crippen LogP contribution in [0.4, 0.5) is 4.39 Å². The van der Waals surface area contributed by atoms with Gasteiger partial charge in [0.1, 0.15) is 13.2 Å². The zero-order chi connectivity index (χ0) is 11.8. The van der Waals surface area contributed by atoms with Gasteiger partial charge in [0.25, 0.3) is 0 Å². The zero-order valence-corrected chi connectivity index (χ0v) is 9.42. The van der Waals surface area contributed by atoms with E-state index in [1.165, 1.54) is 6.07 Å². The highest BCUT2D eigenvalue weighted by atomic mass is 19.1. The maximum absolute atomic E-state index is 13.7. The van der Waals surface area contributed by atoms with E-state index < -0.39 is 11.2 Å². The van der Waals surface area contributed by atoms with Gasteiger partial charge in [0.05, 0.1) is 6.61 Å². The van der Waals surface area contributed by atoms with Gasteiger partial charge in [0.2, 0.25) is 0 Å². The van der Waals surface area contributed by atoms with Crippen LogP contribution in [0.15, 0.2) is 12.1 Å². The Balaban J connectivity index is 2.47. The van der Waals surface area contributed by atoms with Gasteiger partial charge in [0, 0.05) is 5.41 Å². The second-order valence-electron chi connectivity index (χ2n) is 4.52. The van der Waals surface area contributed by atoms with E-state index in [0.717, 1.165) is 0 Å². The third-order valence-electron chi connectivity index (χ3n) is 2.77. The topological polar surface area (TPSA) is 38.7 Å². The molecular weight excluding hydrogens is 211 g/mol. The summed E-state index contributed by atoms with van der Waals surface area (Å²) in [6.07, 6.45) is 0. The van der Waals surface area contributed by atoms with Crippen LogP contribution < -0.4 is 9.47 Å². The quantitative estimate of drug-likeness (QED) is 0.836. The van der Waals surface area contributed by atoms with E-state index in [9.17, 15) is 9.50 Å². The molecule has 1 heterocycles. The molecule has 1 aliphatic rings. The summed E-state index contributed by atoms with van der Waals surface area (Å²) in [5.74, 6) is 0.153. The minimum atomic E-state index is -0.489. The lowest BCUT2D eigenvalue weighted by atomic mass is 9.85. The predicted molar refractivity (Wildman–Crippen MR) is 57.5 cm³/mol. The average molecular weight is 226 g/mol. The lowest BCUT2D eigenvalue weighted by Gasteiger charge is -2.25. The highest BCUT2D eigenvalue weighted by Gasteiger charge is 2.25. The molecule has 0 bridgehead atoms. The van der Waals surface area contributed by atoms with Crippen molar-refractivity contribution in [1.29, 1.82) is 0 Å². The highest BCUT2D eigenvalue weighted by Crippen LogP contribution is 2.37. The molecule has 0 aromatic heterocycles. The molecule has 0 unspecified atom stereocenters. The van der Waals surface area contributed by atoms with Crippen molar-refractivity contribution in [1.82, 2.24) is 0 Å². The van der Waals surface area contributed by atoms with Gasteiger partial charge in [-0.3, -0.25) is 0 Å². The van der Waals surface area contributed by atoms with Gasteiger partial charge in [-0.1, -0.05) is 13.8 Å². The molecule has 1 aromatic rings. The number of hydrogen-bond donors (Lipinski definition) is 1. The van der Waals surface area contributed by atoms with E-state index in [1.807, 2.05) is 13.8 Å². The average Bonchev–Trinajstić information content (AvgIpc) is 2.29.